The molecule has 0 fully saturated rings. The minimum atomic E-state index is -4.94. The van der Waals surface area contributed by atoms with Gasteiger partial charge in [-0.1, -0.05) is 18.2 Å². The van der Waals surface area contributed by atoms with E-state index >= 15 is 0 Å². The largest absolute Gasteiger partial charge is 0.360 e. The first-order valence-corrected chi connectivity index (χ1v) is 7.79. The summed E-state index contributed by atoms with van der Waals surface area (Å²) in [5.41, 5.74) is 2.56. The summed E-state index contributed by atoms with van der Waals surface area (Å²) < 4.78 is 40.0. The van der Waals surface area contributed by atoms with Gasteiger partial charge in [0, 0.05) is 6.07 Å². The summed E-state index contributed by atoms with van der Waals surface area (Å²) in [5.74, 6) is 2.17. The van der Waals surface area contributed by atoms with Gasteiger partial charge >= 0.3 is 11.5 Å². The summed E-state index contributed by atoms with van der Waals surface area (Å²) >= 11 is 0. The van der Waals surface area contributed by atoms with Crippen molar-refractivity contribution in [3.8, 4) is 11.3 Å². The number of hydrogen-bond donors (Lipinski definition) is 0. The van der Waals surface area contributed by atoms with Crippen LogP contribution in [0.2, 0.25) is 0 Å². The minimum Gasteiger partial charge on any atom is -0.222 e. The molecule has 0 bridgehead atoms. The molecular weight excluding hydrogens is 296 g/mol. The second-order valence-electron chi connectivity index (χ2n) is 4.70. The second-order valence-corrected chi connectivity index (χ2v) is 5.46. The molecule has 0 atom stereocenters. The fourth-order valence-electron chi connectivity index (χ4n) is 2.29. The van der Waals surface area contributed by atoms with Gasteiger partial charge in [0.25, 0.3) is 0 Å². The van der Waals surface area contributed by atoms with Gasteiger partial charge in [0.2, 0.25) is 0 Å². The third-order valence-electron chi connectivity index (χ3n) is 3.19. The van der Waals surface area contributed by atoms with Gasteiger partial charge in [0.1, 0.15) is 0 Å². The lowest BCUT2D eigenvalue weighted by molar-refractivity contribution is -2.00. The number of fused-ring (bicyclic) bond motifs is 1. The first-order chi connectivity index (χ1) is 9.93. The van der Waals surface area contributed by atoms with E-state index in [0.717, 1.165) is 17.7 Å². The zero-order chi connectivity index (χ0) is 15.3. The molecule has 0 spiro atoms. The third kappa shape index (κ3) is 5.41. The Hall–Kier alpha value is -1.50. The highest BCUT2D eigenvalue weighted by Crippen LogP contribution is 2.27. The van der Waals surface area contributed by atoms with Crippen molar-refractivity contribution in [3.05, 3.63) is 53.8 Å². The van der Waals surface area contributed by atoms with Crippen LogP contribution in [0.4, 0.5) is 0 Å². The molecule has 1 heterocycles. The van der Waals surface area contributed by atoms with Gasteiger partial charge in [0.05, 0.1) is 17.5 Å². The van der Waals surface area contributed by atoms with E-state index in [9.17, 15) is 0 Å². The van der Waals surface area contributed by atoms with Crippen molar-refractivity contribution in [2.45, 2.75) is 25.7 Å². The molecule has 0 saturated carbocycles. The van der Waals surface area contributed by atoms with Crippen molar-refractivity contribution < 1.29 is 33.3 Å². The molecule has 3 rings (SSSR count). The molecule has 0 N–H and O–H groups in total. The average Bonchev–Trinajstić information content (AvgIpc) is 2.46. The van der Waals surface area contributed by atoms with Crippen LogP contribution < -0.4 is 18.6 Å². The van der Waals surface area contributed by atoms with Gasteiger partial charge in [0.15, 0.2) is 0 Å². The van der Waals surface area contributed by atoms with Gasteiger partial charge in [-0.2, -0.15) is 0 Å². The molecule has 0 radical (unpaired) electrons. The summed E-state index contributed by atoms with van der Waals surface area (Å²) in [6, 6.07) is 14.6. The zero-order valence-corrected chi connectivity index (χ0v) is 12.0. The average molecular weight is 311 g/mol. The van der Waals surface area contributed by atoms with Crippen molar-refractivity contribution in [2.75, 3.05) is 0 Å². The Balaban J connectivity index is 0.000000282. The molecule has 5 nitrogen and oxygen atoms in total. The molecule has 1 aliphatic carbocycles. The molecule has 2 aromatic rings. The van der Waals surface area contributed by atoms with Crippen LogP contribution in [0.15, 0.2) is 46.9 Å². The molecular formula is C15H15ClO5. The van der Waals surface area contributed by atoms with E-state index in [1.807, 2.05) is 18.2 Å². The smallest absolute Gasteiger partial charge is 0.222 e. The number of hydrogen-bond acceptors (Lipinski definition) is 4. The molecule has 0 aliphatic heterocycles. The topological polar surface area (TPSA) is 104 Å². The first-order valence-electron chi connectivity index (χ1n) is 6.55. The predicted molar refractivity (Wildman–Crippen MR) is 65.2 cm³/mol. The Morgan fingerprint density at radius 2 is 1.43 bits per heavy atom. The van der Waals surface area contributed by atoms with Crippen LogP contribution in [-0.2, 0) is 12.8 Å². The maximum atomic E-state index is 8.49. The lowest BCUT2D eigenvalue weighted by Gasteiger charge is -2.17. The van der Waals surface area contributed by atoms with Crippen LogP contribution in [0.1, 0.15) is 24.2 Å². The Bertz CT molecular complexity index is 574. The van der Waals surface area contributed by atoms with Crippen LogP contribution in [0, 0.1) is 10.2 Å². The van der Waals surface area contributed by atoms with Crippen molar-refractivity contribution in [1.29, 1.82) is 0 Å². The van der Waals surface area contributed by atoms with Crippen molar-refractivity contribution >= 4 is 0 Å². The SMILES string of the molecule is [O-][Cl+3]([O-])([O-])[O-].c1ccc(-c2ccc3c([o+]2)CCCC3)cc1. The summed E-state index contributed by atoms with van der Waals surface area (Å²) in [6.45, 7) is 0. The van der Waals surface area contributed by atoms with Gasteiger partial charge in [-0.15, -0.1) is 10.2 Å². The molecule has 6 heteroatoms. The van der Waals surface area contributed by atoms with Crippen LogP contribution >= 0.6 is 0 Å². The minimum absolute atomic E-state index is 0.987. The van der Waals surface area contributed by atoms with Crippen molar-refractivity contribution in [1.82, 2.24) is 0 Å². The van der Waals surface area contributed by atoms with Gasteiger partial charge in [-0.05, 0) is 37.5 Å². The lowest BCUT2D eigenvalue weighted by Crippen LogP contribution is -2.68. The van der Waals surface area contributed by atoms with Gasteiger partial charge in [-0.25, -0.2) is 23.1 Å². The van der Waals surface area contributed by atoms with E-state index in [-0.39, 0.29) is 0 Å². The molecule has 1 aromatic heterocycles. The van der Waals surface area contributed by atoms with Gasteiger partial charge in [-0.3, -0.25) is 0 Å². The monoisotopic (exact) mass is 310 g/mol. The molecule has 1 aromatic carbocycles. The van der Waals surface area contributed by atoms with E-state index in [2.05, 4.69) is 24.3 Å². The quantitative estimate of drug-likeness (QED) is 0.651. The Kier molecular flexibility index (Phi) is 5.27. The maximum absolute atomic E-state index is 8.49. The maximum Gasteiger partial charge on any atom is 0.360 e. The summed E-state index contributed by atoms with van der Waals surface area (Å²) in [6.07, 6.45) is 4.83. The Morgan fingerprint density at radius 3 is 2.10 bits per heavy atom. The summed E-state index contributed by atoms with van der Waals surface area (Å²) in [5, 5.41) is 0. The predicted octanol–water partition coefficient (Wildman–Crippen LogP) is -0.649. The van der Waals surface area contributed by atoms with Crippen LogP contribution in [0.25, 0.3) is 11.3 Å². The zero-order valence-electron chi connectivity index (χ0n) is 11.3. The molecule has 1 aliphatic rings. The van der Waals surface area contributed by atoms with Crippen molar-refractivity contribution in [2.24, 2.45) is 0 Å². The van der Waals surface area contributed by atoms with Crippen LogP contribution in [-0.4, -0.2) is 0 Å². The third-order valence-corrected chi connectivity index (χ3v) is 3.19. The summed E-state index contributed by atoms with van der Waals surface area (Å²) in [7, 11) is -4.94. The summed E-state index contributed by atoms with van der Waals surface area (Å²) in [4.78, 5) is 0. The van der Waals surface area contributed by atoms with Crippen LogP contribution in [0.3, 0.4) is 0 Å². The molecule has 21 heavy (non-hydrogen) atoms. The first kappa shape index (κ1) is 15.9. The molecule has 0 saturated heterocycles. The highest BCUT2D eigenvalue weighted by Gasteiger charge is 2.22. The van der Waals surface area contributed by atoms with Crippen molar-refractivity contribution in [3.63, 3.8) is 0 Å². The number of halogens is 1. The van der Waals surface area contributed by atoms with Gasteiger partial charge < -0.3 is 0 Å². The standard InChI is InChI=1S/C15H15O.ClHO4/c1-2-6-12(7-3-1)15-11-10-13-8-4-5-9-14(13)16-15;2-1(3,4)5/h1-3,6-7,10-11H,4-5,8-9H2;(H,2,3,4,5)/q+1;/p-1. The number of aryl methyl sites for hydroxylation is 2. The van der Waals surface area contributed by atoms with E-state index in [1.54, 1.807) is 0 Å². The molecule has 112 valence electrons. The number of benzene rings is 1. The van der Waals surface area contributed by atoms with E-state index in [4.69, 9.17) is 23.1 Å². The Labute approximate surface area is 124 Å². The highest BCUT2D eigenvalue weighted by molar-refractivity contribution is 5.57. The van der Waals surface area contributed by atoms with E-state index in [0.29, 0.717) is 0 Å². The van der Waals surface area contributed by atoms with E-state index < -0.39 is 10.2 Å². The highest BCUT2D eigenvalue weighted by atomic mass is 35.7. The Morgan fingerprint density at radius 1 is 0.810 bits per heavy atom. The number of rotatable bonds is 1. The second kappa shape index (κ2) is 6.98. The lowest BCUT2D eigenvalue weighted by atomic mass is 9.97. The molecule has 0 amide bonds. The molecule has 0 unspecified atom stereocenters. The fraction of sp³-hybridized carbons (Fsp3) is 0.267. The fourth-order valence-corrected chi connectivity index (χ4v) is 2.29. The normalized spacial score (nSPS) is 13.9. The van der Waals surface area contributed by atoms with Crippen LogP contribution in [0.5, 0.6) is 0 Å². The van der Waals surface area contributed by atoms with E-state index in [1.165, 1.54) is 30.6 Å².